The second-order valence-corrected chi connectivity index (χ2v) is 8.94. The summed E-state index contributed by atoms with van der Waals surface area (Å²) in [7, 11) is -3.66. The summed E-state index contributed by atoms with van der Waals surface area (Å²) in [5.41, 5.74) is 0. The molecular weight excluding hydrogens is 326 g/mol. The smallest absolute Gasteiger partial charge is 0.333 e. The van der Waals surface area contributed by atoms with Crippen LogP contribution in [0, 0.1) is 0 Å². The van der Waals surface area contributed by atoms with E-state index in [1.54, 1.807) is 6.92 Å². The van der Waals surface area contributed by atoms with Gasteiger partial charge in [0.05, 0.1) is 11.2 Å². The van der Waals surface area contributed by atoms with Gasteiger partial charge in [0.15, 0.2) is 9.84 Å². The number of carbonyl (C=O) groups is 3. The largest absolute Gasteiger partial charge is 0.425 e. The number of sulfone groups is 1. The van der Waals surface area contributed by atoms with Gasteiger partial charge in [-0.25, -0.2) is 13.2 Å². The first kappa shape index (κ1) is 17.7. The zero-order chi connectivity index (χ0) is 17.6. The Hall–Kier alpha value is -1.64. The van der Waals surface area contributed by atoms with Crippen LogP contribution in [0.1, 0.15) is 47.0 Å². The molecule has 0 aromatic heterocycles. The van der Waals surface area contributed by atoms with Crippen LogP contribution in [0.15, 0.2) is 0 Å². The minimum Gasteiger partial charge on any atom is -0.425 e. The molecule has 8 nitrogen and oxygen atoms in total. The molecule has 2 aliphatic rings. The molecule has 2 saturated heterocycles. The third-order valence-corrected chi connectivity index (χ3v) is 7.03. The number of ether oxygens (including phenoxy) is 2. The molecule has 130 valence electrons. The lowest BCUT2D eigenvalue weighted by molar-refractivity contribution is -0.191. The third-order valence-electron chi connectivity index (χ3n) is 4.23. The minimum absolute atomic E-state index is 0.115. The van der Waals surface area contributed by atoms with Gasteiger partial charge in [0.25, 0.3) is 0 Å². The molecule has 3 atom stereocenters. The minimum atomic E-state index is -3.66. The highest BCUT2D eigenvalue weighted by molar-refractivity contribution is 7.93. The maximum absolute atomic E-state index is 12.4. The predicted molar refractivity (Wildman–Crippen MR) is 78.6 cm³/mol. The maximum atomic E-state index is 12.4. The zero-order valence-electron chi connectivity index (χ0n) is 13.6. The summed E-state index contributed by atoms with van der Waals surface area (Å²) in [6.07, 6.45) is -0.471. The van der Waals surface area contributed by atoms with Crippen molar-refractivity contribution in [2.24, 2.45) is 0 Å². The van der Waals surface area contributed by atoms with Crippen LogP contribution in [0.5, 0.6) is 0 Å². The molecule has 1 amide bonds. The van der Waals surface area contributed by atoms with Crippen molar-refractivity contribution in [3.63, 3.8) is 0 Å². The van der Waals surface area contributed by atoms with E-state index >= 15 is 0 Å². The van der Waals surface area contributed by atoms with Crippen LogP contribution < -0.4 is 0 Å². The van der Waals surface area contributed by atoms with E-state index in [9.17, 15) is 22.8 Å². The number of nitrogens with zero attached hydrogens (tertiary/aromatic N) is 1. The SMILES string of the molecule is CCCC(=O)OC(C)OC(=O)[C@@H]1N2C(=O)C[C@H]2S(=O)(=O)C1(C)C. The Kier molecular flexibility index (Phi) is 4.44. The summed E-state index contributed by atoms with van der Waals surface area (Å²) >= 11 is 0. The van der Waals surface area contributed by atoms with Crippen molar-refractivity contribution >= 4 is 27.7 Å². The number of esters is 2. The van der Waals surface area contributed by atoms with Crippen molar-refractivity contribution in [2.75, 3.05) is 0 Å². The van der Waals surface area contributed by atoms with Crippen molar-refractivity contribution in [2.45, 2.75) is 69.4 Å². The quantitative estimate of drug-likeness (QED) is 0.401. The van der Waals surface area contributed by atoms with Crippen LogP contribution in [0.3, 0.4) is 0 Å². The number of β-lactam (4-membered cyclic amide) rings is 1. The second-order valence-electron chi connectivity index (χ2n) is 6.26. The predicted octanol–water partition coefficient (Wildman–Crippen LogP) is 0.353. The Morgan fingerprint density at radius 3 is 2.48 bits per heavy atom. The van der Waals surface area contributed by atoms with Crippen LogP contribution in [0.25, 0.3) is 0 Å². The van der Waals surface area contributed by atoms with Crippen molar-refractivity contribution in [1.82, 2.24) is 4.90 Å². The zero-order valence-corrected chi connectivity index (χ0v) is 14.4. The summed E-state index contributed by atoms with van der Waals surface area (Å²) in [4.78, 5) is 36.5. The molecule has 1 unspecified atom stereocenters. The number of fused-ring (bicyclic) bond motifs is 1. The number of hydrogen-bond acceptors (Lipinski definition) is 7. The van der Waals surface area contributed by atoms with Crippen molar-refractivity contribution in [1.29, 1.82) is 0 Å². The topological polar surface area (TPSA) is 107 Å². The first-order valence-electron chi connectivity index (χ1n) is 7.48. The van der Waals surface area contributed by atoms with Crippen LogP contribution in [0.4, 0.5) is 0 Å². The van der Waals surface area contributed by atoms with Gasteiger partial charge in [0.2, 0.25) is 12.2 Å². The fourth-order valence-corrected chi connectivity index (χ4v) is 5.03. The van der Waals surface area contributed by atoms with Crippen LogP contribution >= 0.6 is 0 Å². The highest BCUT2D eigenvalue weighted by atomic mass is 32.2. The highest BCUT2D eigenvalue weighted by Crippen LogP contribution is 2.46. The van der Waals surface area contributed by atoms with Gasteiger partial charge in [0.1, 0.15) is 11.4 Å². The average Bonchev–Trinajstić information content (AvgIpc) is 2.52. The lowest BCUT2D eigenvalue weighted by Gasteiger charge is -2.36. The molecule has 0 spiro atoms. The van der Waals surface area contributed by atoms with E-state index < -0.39 is 50.1 Å². The van der Waals surface area contributed by atoms with Gasteiger partial charge >= 0.3 is 11.9 Å². The molecule has 0 aromatic carbocycles. The van der Waals surface area contributed by atoms with Gasteiger partial charge in [0, 0.05) is 13.3 Å². The van der Waals surface area contributed by atoms with Gasteiger partial charge in [-0.2, -0.15) is 0 Å². The summed E-state index contributed by atoms with van der Waals surface area (Å²) < 4.78 is 33.3. The maximum Gasteiger partial charge on any atom is 0.333 e. The summed E-state index contributed by atoms with van der Waals surface area (Å²) in [5.74, 6) is -1.79. The van der Waals surface area contributed by atoms with E-state index in [4.69, 9.17) is 9.47 Å². The monoisotopic (exact) mass is 347 g/mol. The summed E-state index contributed by atoms with van der Waals surface area (Å²) in [6, 6.07) is -1.23. The van der Waals surface area contributed by atoms with Gasteiger partial charge < -0.3 is 14.4 Å². The highest BCUT2D eigenvalue weighted by Gasteiger charge is 2.68. The fraction of sp³-hybridized carbons (Fsp3) is 0.786. The molecule has 2 rings (SSSR count). The van der Waals surface area contributed by atoms with E-state index in [0.717, 1.165) is 4.90 Å². The Morgan fingerprint density at radius 2 is 1.96 bits per heavy atom. The number of amides is 1. The van der Waals surface area contributed by atoms with Crippen molar-refractivity contribution < 1.29 is 32.3 Å². The van der Waals surface area contributed by atoms with Crippen LogP contribution in [-0.4, -0.2) is 53.6 Å². The standard InChI is InChI=1S/C14H21NO7S/c1-5-6-11(17)21-8(2)22-13(18)12-14(3,4)23(19,20)10-7-9(16)15(10)12/h8,10,12H,5-7H2,1-4H3/t8?,10-,12+/m1/s1. The molecule has 0 aliphatic carbocycles. The van der Waals surface area contributed by atoms with Crippen molar-refractivity contribution in [3.8, 4) is 0 Å². The molecule has 0 saturated carbocycles. The lowest BCUT2D eigenvalue weighted by atomic mass is 9.98. The van der Waals surface area contributed by atoms with E-state index in [-0.39, 0.29) is 12.8 Å². The lowest BCUT2D eigenvalue weighted by Crippen LogP contribution is -2.57. The third kappa shape index (κ3) is 2.71. The molecule has 2 aliphatic heterocycles. The van der Waals surface area contributed by atoms with E-state index in [0.29, 0.717) is 6.42 Å². The fourth-order valence-electron chi connectivity index (χ4n) is 2.91. The van der Waals surface area contributed by atoms with Crippen LogP contribution in [-0.2, 0) is 33.7 Å². The molecule has 2 fully saturated rings. The Labute approximate surface area is 135 Å². The molecule has 2 heterocycles. The number of rotatable bonds is 5. The molecule has 9 heteroatoms. The van der Waals surface area contributed by atoms with E-state index in [1.807, 2.05) is 0 Å². The molecule has 23 heavy (non-hydrogen) atoms. The molecule has 0 N–H and O–H groups in total. The van der Waals surface area contributed by atoms with E-state index in [1.165, 1.54) is 20.8 Å². The normalized spacial score (nSPS) is 28.5. The first-order chi connectivity index (χ1) is 10.5. The van der Waals surface area contributed by atoms with Gasteiger partial charge in [-0.05, 0) is 20.3 Å². The number of hydrogen-bond donors (Lipinski definition) is 0. The molecule has 0 aromatic rings. The summed E-state index contributed by atoms with van der Waals surface area (Å²) in [5, 5.41) is -0.972. The van der Waals surface area contributed by atoms with Crippen molar-refractivity contribution in [3.05, 3.63) is 0 Å². The molecule has 0 bridgehead atoms. The van der Waals surface area contributed by atoms with E-state index in [2.05, 4.69) is 0 Å². The second kappa shape index (κ2) is 5.77. The number of carbonyl (C=O) groups excluding carboxylic acids is 3. The molecule has 0 radical (unpaired) electrons. The van der Waals surface area contributed by atoms with Gasteiger partial charge in [-0.3, -0.25) is 9.59 Å². The van der Waals surface area contributed by atoms with Gasteiger partial charge in [-0.15, -0.1) is 0 Å². The Morgan fingerprint density at radius 1 is 1.35 bits per heavy atom. The molecular formula is C14H21NO7S. The first-order valence-corrected chi connectivity index (χ1v) is 9.03. The summed E-state index contributed by atoms with van der Waals surface area (Å²) in [6.45, 7) is 5.97. The average molecular weight is 347 g/mol. The Bertz CT molecular complexity index is 640. The Balaban J connectivity index is 2.12. The van der Waals surface area contributed by atoms with Gasteiger partial charge in [-0.1, -0.05) is 6.92 Å². The van der Waals surface area contributed by atoms with Crippen LogP contribution in [0.2, 0.25) is 0 Å².